The van der Waals surface area contributed by atoms with Crippen LogP contribution in [-0.4, -0.2) is 40.1 Å². The number of carbonyl (C=O) groups is 3. The summed E-state index contributed by atoms with van der Waals surface area (Å²) in [4.78, 5) is 36.5. The van der Waals surface area contributed by atoms with Gasteiger partial charge in [-0.25, -0.2) is 4.79 Å². The van der Waals surface area contributed by atoms with Gasteiger partial charge in [0.1, 0.15) is 6.04 Å². The number of carboxylic acids is 1. The highest BCUT2D eigenvalue weighted by molar-refractivity contribution is 5.95. The lowest BCUT2D eigenvalue weighted by Gasteiger charge is -2.25. The lowest BCUT2D eigenvalue weighted by molar-refractivity contribution is -0.143. The smallest absolute Gasteiger partial charge is 0.326 e. The molecule has 7 heteroatoms. The monoisotopic (exact) mass is 396 g/mol. The molecule has 0 radical (unpaired) electrons. The summed E-state index contributed by atoms with van der Waals surface area (Å²) in [6, 6.07) is 14.6. The number of aliphatic hydroxyl groups is 1. The summed E-state index contributed by atoms with van der Waals surface area (Å²) >= 11 is 0. The number of benzene rings is 2. The van der Waals surface area contributed by atoms with Crippen LogP contribution in [0, 0.1) is 0 Å². The van der Waals surface area contributed by atoms with Crippen molar-refractivity contribution in [3.8, 4) is 0 Å². The first kappa shape index (κ1) is 21.8. The Bertz CT molecular complexity index is 867. The summed E-state index contributed by atoms with van der Waals surface area (Å²) in [5, 5.41) is 24.9. The van der Waals surface area contributed by atoms with Gasteiger partial charge in [0.2, 0.25) is 0 Å². The second-order valence-electron chi connectivity index (χ2n) is 6.73. The maximum atomic E-state index is 12.6. The first-order valence-electron chi connectivity index (χ1n) is 9.06. The molecule has 7 nitrogen and oxygen atoms in total. The van der Waals surface area contributed by atoms with Crippen molar-refractivity contribution in [1.29, 1.82) is 0 Å². The van der Waals surface area contributed by atoms with Gasteiger partial charge in [-0.3, -0.25) is 9.59 Å². The van der Waals surface area contributed by atoms with Gasteiger partial charge >= 0.3 is 5.97 Å². The van der Waals surface area contributed by atoms with E-state index >= 15 is 0 Å². The van der Waals surface area contributed by atoms with Crippen LogP contribution in [0.2, 0.25) is 0 Å². The Morgan fingerprint density at radius 1 is 0.966 bits per heavy atom. The second-order valence-corrected chi connectivity index (χ2v) is 6.73. The fourth-order valence-corrected chi connectivity index (χ4v) is 2.78. The maximum Gasteiger partial charge on any atom is 0.326 e. The Labute approximate surface area is 169 Å². The fourth-order valence-electron chi connectivity index (χ4n) is 2.78. The van der Waals surface area contributed by atoms with Crippen molar-refractivity contribution in [3.63, 3.8) is 0 Å². The average molecular weight is 396 g/mol. The molecule has 4 N–H and O–H groups in total. The quantitative estimate of drug-likeness (QED) is 0.484. The van der Waals surface area contributed by atoms with Crippen molar-refractivity contribution in [2.24, 2.45) is 0 Å². The van der Waals surface area contributed by atoms with Crippen LogP contribution >= 0.6 is 0 Å². The van der Waals surface area contributed by atoms with E-state index in [-0.39, 0.29) is 6.42 Å². The molecule has 0 saturated heterocycles. The van der Waals surface area contributed by atoms with Gasteiger partial charge in [0.25, 0.3) is 11.8 Å². The molecule has 152 valence electrons. The minimum absolute atomic E-state index is 0.0279. The number of amides is 2. The van der Waals surface area contributed by atoms with Crippen LogP contribution in [0.1, 0.15) is 35.3 Å². The predicted octanol–water partition coefficient (Wildman–Crippen LogP) is 2.05. The van der Waals surface area contributed by atoms with E-state index < -0.39 is 36.0 Å². The first-order chi connectivity index (χ1) is 13.8. The second kappa shape index (κ2) is 10.2. The summed E-state index contributed by atoms with van der Waals surface area (Å²) in [5.41, 5.74) is 1.45. The van der Waals surface area contributed by atoms with Crippen LogP contribution in [0.5, 0.6) is 0 Å². The first-order valence-corrected chi connectivity index (χ1v) is 9.06. The molecule has 0 bridgehead atoms. The molecule has 0 fully saturated rings. The van der Waals surface area contributed by atoms with Gasteiger partial charge in [0, 0.05) is 5.56 Å². The summed E-state index contributed by atoms with van der Waals surface area (Å²) in [6.45, 7) is 5.30. The molecule has 0 aliphatic heterocycles. The molecule has 0 aliphatic carbocycles. The SMILES string of the molecule is C=C(C)C[C@H](NC(=O)[C@H](O)[C@@H](NC(=O)c1ccccc1)c1ccccc1)C(=O)O. The molecular formula is C22H24N2O5. The van der Waals surface area contributed by atoms with Gasteiger partial charge in [-0.2, -0.15) is 0 Å². The maximum absolute atomic E-state index is 12.6. The lowest BCUT2D eigenvalue weighted by atomic mass is 9.99. The van der Waals surface area contributed by atoms with E-state index in [1.807, 2.05) is 0 Å². The summed E-state index contributed by atoms with van der Waals surface area (Å²) in [5.74, 6) is -2.61. The number of nitrogens with one attached hydrogen (secondary N) is 2. The summed E-state index contributed by atoms with van der Waals surface area (Å²) in [6.07, 6.45) is -1.67. The van der Waals surface area contributed by atoms with Crippen molar-refractivity contribution in [2.75, 3.05) is 0 Å². The van der Waals surface area contributed by atoms with Gasteiger partial charge in [-0.05, 0) is 31.0 Å². The van der Waals surface area contributed by atoms with E-state index in [0.29, 0.717) is 16.7 Å². The number of carbonyl (C=O) groups excluding carboxylic acids is 2. The van der Waals surface area contributed by atoms with E-state index in [0.717, 1.165) is 0 Å². The minimum Gasteiger partial charge on any atom is -0.480 e. The van der Waals surface area contributed by atoms with Crippen molar-refractivity contribution < 1.29 is 24.6 Å². The third-order valence-electron chi connectivity index (χ3n) is 4.23. The number of hydrogen-bond donors (Lipinski definition) is 4. The van der Waals surface area contributed by atoms with Crippen molar-refractivity contribution in [1.82, 2.24) is 10.6 Å². The molecule has 0 spiro atoms. The normalized spacial score (nSPS) is 13.6. The molecule has 0 aromatic heterocycles. The standard InChI is InChI=1S/C22H24N2O5/c1-14(2)13-17(22(28)29)23-21(27)19(25)18(15-9-5-3-6-10-15)24-20(26)16-11-7-4-8-12-16/h3-12,17-19,25H,1,13H2,2H3,(H,23,27)(H,24,26)(H,28,29)/t17-,18-,19+/m0/s1. The summed E-state index contributed by atoms with van der Waals surface area (Å²) in [7, 11) is 0. The van der Waals surface area contributed by atoms with E-state index in [1.165, 1.54) is 0 Å². The fraction of sp³-hybridized carbons (Fsp3) is 0.227. The van der Waals surface area contributed by atoms with Crippen molar-refractivity contribution in [3.05, 3.63) is 83.9 Å². The molecule has 0 unspecified atom stereocenters. The molecule has 3 atom stereocenters. The lowest BCUT2D eigenvalue weighted by Crippen LogP contribution is -2.50. The topological polar surface area (TPSA) is 116 Å². The molecule has 2 aromatic rings. The van der Waals surface area contributed by atoms with E-state index in [4.69, 9.17) is 0 Å². The molecular weight excluding hydrogens is 372 g/mol. The van der Waals surface area contributed by atoms with Crippen LogP contribution in [0.15, 0.2) is 72.8 Å². The van der Waals surface area contributed by atoms with Gasteiger partial charge in [0.05, 0.1) is 6.04 Å². The number of rotatable bonds is 9. The molecule has 0 saturated carbocycles. The number of aliphatic carboxylic acids is 1. The zero-order chi connectivity index (χ0) is 21.4. The van der Waals surface area contributed by atoms with Crippen molar-refractivity contribution >= 4 is 17.8 Å². The van der Waals surface area contributed by atoms with Crippen molar-refractivity contribution in [2.45, 2.75) is 31.5 Å². The molecule has 2 aromatic carbocycles. The molecule has 0 aliphatic rings. The predicted molar refractivity (Wildman–Crippen MR) is 108 cm³/mol. The summed E-state index contributed by atoms with van der Waals surface area (Å²) < 4.78 is 0. The van der Waals surface area contributed by atoms with Crippen LogP contribution in [0.4, 0.5) is 0 Å². The average Bonchev–Trinajstić information content (AvgIpc) is 2.71. The zero-order valence-electron chi connectivity index (χ0n) is 16.0. The molecule has 2 rings (SSSR count). The van der Waals surface area contributed by atoms with E-state index in [9.17, 15) is 24.6 Å². The Balaban J connectivity index is 2.23. The highest BCUT2D eigenvalue weighted by Gasteiger charge is 2.32. The highest BCUT2D eigenvalue weighted by atomic mass is 16.4. The third-order valence-corrected chi connectivity index (χ3v) is 4.23. The Hall–Kier alpha value is -3.45. The van der Waals surface area contributed by atoms with Crippen LogP contribution < -0.4 is 10.6 Å². The van der Waals surface area contributed by atoms with Gasteiger partial charge in [0.15, 0.2) is 6.10 Å². The highest BCUT2D eigenvalue weighted by Crippen LogP contribution is 2.19. The zero-order valence-corrected chi connectivity index (χ0v) is 16.0. The number of carboxylic acid groups (broad SMARTS) is 1. The Kier molecular flexibility index (Phi) is 7.68. The van der Waals surface area contributed by atoms with Crippen LogP contribution in [0.3, 0.4) is 0 Å². The van der Waals surface area contributed by atoms with Gasteiger partial charge in [-0.1, -0.05) is 54.1 Å². The Morgan fingerprint density at radius 3 is 2.03 bits per heavy atom. The molecule has 0 heterocycles. The van der Waals surface area contributed by atoms with Crippen LogP contribution in [-0.2, 0) is 9.59 Å². The third kappa shape index (κ3) is 6.29. The largest absolute Gasteiger partial charge is 0.480 e. The molecule has 29 heavy (non-hydrogen) atoms. The van der Waals surface area contributed by atoms with E-state index in [2.05, 4.69) is 17.2 Å². The van der Waals surface area contributed by atoms with Crippen LogP contribution in [0.25, 0.3) is 0 Å². The number of aliphatic hydroxyl groups excluding tert-OH is 1. The minimum atomic E-state index is -1.70. The van der Waals surface area contributed by atoms with Gasteiger partial charge < -0.3 is 20.8 Å². The molecule has 2 amide bonds. The number of hydrogen-bond acceptors (Lipinski definition) is 4. The Morgan fingerprint density at radius 2 is 1.52 bits per heavy atom. The van der Waals surface area contributed by atoms with E-state index in [1.54, 1.807) is 67.6 Å². The van der Waals surface area contributed by atoms with Gasteiger partial charge in [-0.15, -0.1) is 6.58 Å².